The van der Waals surface area contributed by atoms with E-state index in [1.54, 1.807) is 0 Å². The standard InChI is InChI=1S/C54H40N2/c1-53(2)45-19-11-8-16-37(45)40-30-36(24-25-47(40)53)56-51-27-23-34(29-43(51)44-31-41-38-17-9-12-20-46(38)54(3,4)48(41)32-52(44)56)33-22-26-50-42(28-33)39-18-10-13-21-49(39)55(50)35-14-6-5-7-15-35/h5-32H,1-4H3. The van der Waals surface area contributed by atoms with E-state index < -0.39 is 0 Å². The van der Waals surface area contributed by atoms with Crippen LogP contribution in [0.15, 0.2) is 170 Å². The van der Waals surface area contributed by atoms with E-state index in [0.29, 0.717) is 0 Å². The first kappa shape index (κ1) is 31.7. The molecular weight excluding hydrogens is 677 g/mol. The maximum atomic E-state index is 2.53. The van der Waals surface area contributed by atoms with Crippen LogP contribution in [0.1, 0.15) is 49.9 Å². The van der Waals surface area contributed by atoms with Gasteiger partial charge in [-0.05, 0) is 122 Å². The average Bonchev–Trinajstić information content (AvgIpc) is 3.88. The molecule has 12 rings (SSSR count). The van der Waals surface area contributed by atoms with Gasteiger partial charge in [-0.25, -0.2) is 0 Å². The van der Waals surface area contributed by atoms with Gasteiger partial charge in [-0.3, -0.25) is 0 Å². The normalized spacial score (nSPS) is 14.7. The monoisotopic (exact) mass is 716 g/mol. The van der Waals surface area contributed by atoms with Gasteiger partial charge in [0.15, 0.2) is 0 Å². The summed E-state index contributed by atoms with van der Waals surface area (Å²) >= 11 is 0. The van der Waals surface area contributed by atoms with Gasteiger partial charge < -0.3 is 9.13 Å². The lowest BCUT2D eigenvalue weighted by molar-refractivity contribution is 0.660. The van der Waals surface area contributed by atoms with Crippen LogP contribution in [0.25, 0.3) is 88.4 Å². The summed E-state index contributed by atoms with van der Waals surface area (Å²) in [6.45, 7) is 9.49. The second-order valence-corrected chi connectivity index (χ2v) is 17.0. The Kier molecular flexibility index (Phi) is 6.22. The summed E-state index contributed by atoms with van der Waals surface area (Å²) in [6, 6.07) is 63.7. The van der Waals surface area contributed by atoms with E-state index >= 15 is 0 Å². The number of benzene rings is 8. The topological polar surface area (TPSA) is 9.86 Å². The first-order chi connectivity index (χ1) is 27.3. The second-order valence-electron chi connectivity index (χ2n) is 17.0. The Labute approximate surface area is 326 Å². The third-order valence-electron chi connectivity index (χ3n) is 13.3. The Bertz CT molecular complexity index is 3300. The van der Waals surface area contributed by atoms with Gasteiger partial charge in [0.05, 0.1) is 22.1 Å². The number of para-hydroxylation sites is 2. The summed E-state index contributed by atoms with van der Waals surface area (Å²) in [4.78, 5) is 0. The number of hydrogen-bond acceptors (Lipinski definition) is 0. The molecule has 56 heavy (non-hydrogen) atoms. The molecular formula is C54H40N2. The first-order valence-electron chi connectivity index (χ1n) is 19.9. The number of hydrogen-bond donors (Lipinski definition) is 0. The zero-order chi connectivity index (χ0) is 37.5. The third kappa shape index (κ3) is 4.11. The molecule has 2 heterocycles. The number of rotatable bonds is 3. The lowest BCUT2D eigenvalue weighted by Gasteiger charge is -2.22. The lowest BCUT2D eigenvalue weighted by Crippen LogP contribution is -2.15. The third-order valence-corrected chi connectivity index (χ3v) is 13.3. The average molecular weight is 717 g/mol. The quantitative estimate of drug-likeness (QED) is 0.172. The Balaban J connectivity index is 1.11. The van der Waals surface area contributed by atoms with Crippen molar-refractivity contribution in [1.29, 1.82) is 0 Å². The van der Waals surface area contributed by atoms with Gasteiger partial charge in [0.2, 0.25) is 0 Å². The van der Waals surface area contributed by atoms with Gasteiger partial charge in [0.1, 0.15) is 0 Å². The van der Waals surface area contributed by atoms with Gasteiger partial charge in [-0.1, -0.05) is 131 Å². The summed E-state index contributed by atoms with van der Waals surface area (Å²) in [5.41, 5.74) is 20.6. The zero-order valence-electron chi connectivity index (χ0n) is 32.1. The van der Waals surface area contributed by atoms with Crippen molar-refractivity contribution < 1.29 is 0 Å². The number of aromatic nitrogens is 2. The molecule has 0 radical (unpaired) electrons. The van der Waals surface area contributed by atoms with E-state index in [0.717, 1.165) is 0 Å². The van der Waals surface area contributed by atoms with E-state index in [4.69, 9.17) is 0 Å². The molecule has 0 N–H and O–H groups in total. The minimum Gasteiger partial charge on any atom is -0.309 e. The van der Waals surface area contributed by atoms with Crippen molar-refractivity contribution in [3.63, 3.8) is 0 Å². The first-order valence-corrected chi connectivity index (χ1v) is 19.9. The molecule has 10 aromatic rings. The van der Waals surface area contributed by atoms with Crippen molar-refractivity contribution in [1.82, 2.24) is 9.13 Å². The fourth-order valence-electron chi connectivity index (χ4n) is 10.5. The maximum Gasteiger partial charge on any atom is 0.0544 e. The van der Waals surface area contributed by atoms with Crippen molar-refractivity contribution in [2.75, 3.05) is 0 Å². The summed E-state index contributed by atoms with van der Waals surface area (Å²) in [5, 5.41) is 5.10. The largest absolute Gasteiger partial charge is 0.309 e. The van der Waals surface area contributed by atoms with E-state index in [9.17, 15) is 0 Å². The molecule has 8 aromatic carbocycles. The molecule has 0 saturated heterocycles. The zero-order valence-corrected chi connectivity index (χ0v) is 32.1. The molecule has 0 fully saturated rings. The van der Waals surface area contributed by atoms with Crippen LogP contribution in [-0.2, 0) is 10.8 Å². The highest BCUT2D eigenvalue weighted by atomic mass is 15.0. The van der Waals surface area contributed by atoms with E-state index in [1.165, 1.54) is 111 Å². The maximum absolute atomic E-state index is 2.53. The highest BCUT2D eigenvalue weighted by molar-refractivity contribution is 6.14. The molecule has 0 saturated carbocycles. The molecule has 2 heteroatoms. The molecule has 2 nitrogen and oxygen atoms in total. The molecule has 2 aliphatic rings. The van der Waals surface area contributed by atoms with Crippen molar-refractivity contribution in [3.8, 4) is 44.8 Å². The van der Waals surface area contributed by atoms with Crippen LogP contribution in [0.4, 0.5) is 0 Å². The molecule has 0 spiro atoms. The predicted molar refractivity (Wildman–Crippen MR) is 236 cm³/mol. The smallest absolute Gasteiger partial charge is 0.0544 e. The second kappa shape index (κ2) is 11.0. The highest BCUT2D eigenvalue weighted by Crippen LogP contribution is 2.53. The van der Waals surface area contributed by atoms with Gasteiger partial charge in [-0.15, -0.1) is 0 Å². The highest BCUT2D eigenvalue weighted by Gasteiger charge is 2.37. The predicted octanol–water partition coefficient (Wildman–Crippen LogP) is 14.2. The van der Waals surface area contributed by atoms with Crippen LogP contribution >= 0.6 is 0 Å². The van der Waals surface area contributed by atoms with Crippen molar-refractivity contribution in [3.05, 3.63) is 192 Å². The number of nitrogens with zero attached hydrogens (tertiary/aromatic N) is 2. The minimum absolute atomic E-state index is 0.0364. The Morgan fingerprint density at radius 3 is 1.50 bits per heavy atom. The Morgan fingerprint density at radius 1 is 0.304 bits per heavy atom. The van der Waals surface area contributed by atoms with Crippen molar-refractivity contribution in [2.45, 2.75) is 38.5 Å². The minimum atomic E-state index is -0.0954. The molecule has 0 unspecified atom stereocenters. The van der Waals surface area contributed by atoms with E-state index in [1.807, 2.05) is 0 Å². The molecule has 2 aliphatic carbocycles. The van der Waals surface area contributed by atoms with Gasteiger partial charge in [-0.2, -0.15) is 0 Å². The fraction of sp³-hybridized carbons (Fsp3) is 0.111. The van der Waals surface area contributed by atoms with E-state index in [2.05, 4.69) is 207 Å². The van der Waals surface area contributed by atoms with Crippen LogP contribution in [0.5, 0.6) is 0 Å². The van der Waals surface area contributed by atoms with Crippen LogP contribution in [0.2, 0.25) is 0 Å². The van der Waals surface area contributed by atoms with Crippen LogP contribution in [0.3, 0.4) is 0 Å². The number of fused-ring (bicyclic) bond motifs is 12. The molecule has 266 valence electrons. The van der Waals surface area contributed by atoms with Gasteiger partial charge in [0, 0.05) is 43.7 Å². The fourth-order valence-corrected chi connectivity index (χ4v) is 10.5. The SMILES string of the molecule is CC1(C)c2ccccc2-c2cc(-n3c4ccc(-c5ccc6c(c5)c5ccccc5n6-c5ccccc5)cc4c4cc5c(cc43)C(C)(C)c3ccccc3-5)ccc21. The van der Waals surface area contributed by atoms with Crippen LogP contribution in [0, 0.1) is 0 Å². The van der Waals surface area contributed by atoms with E-state index in [-0.39, 0.29) is 10.8 Å². The van der Waals surface area contributed by atoms with Gasteiger partial charge >= 0.3 is 0 Å². The summed E-state index contributed by atoms with van der Waals surface area (Å²) < 4.78 is 4.92. The molecule has 0 amide bonds. The molecule has 2 aromatic heterocycles. The van der Waals surface area contributed by atoms with Crippen molar-refractivity contribution >= 4 is 43.6 Å². The van der Waals surface area contributed by atoms with Crippen LogP contribution in [-0.4, -0.2) is 9.13 Å². The Hall–Kier alpha value is -6.64. The summed E-state index contributed by atoms with van der Waals surface area (Å²) in [6.07, 6.45) is 0. The molecule has 0 aliphatic heterocycles. The van der Waals surface area contributed by atoms with Crippen molar-refractivity contribution in [2.24, 2.45) is 0 Å². The Morgan fingerprint density at radius 2 is 0.804 bits per heavy atom. The van der Waals surface area contributed by atoms with Gasteiger partial charge in [0.25, 0.3) is 0 Å². The lowest BCUT2D eigenvalue weighted by atomic mass is 9.82. The molecule has 0 bridgehead atoms. The summed E-state index contributed by atoms with van der Waals surface area (Å²) in [5.74, 6) is 0. The molecule has 0 atom stereocenters. The van der Waals surface area contributed by atoms with Crippen LogP contribution < -0.4 is 0 Å². The summed E-state index contributed by atoms with van der Waals surface area (Å²) in [7, 11) is 0.